The Hall–Kier alpha value is -2.06. The second-order valence-electron chi connectivity index (χ2n) is 6.90. The Morgan fingerprint density at radius 3 is 1.44 bits per heavy atom. The Bertz CT molecular complexity index is 797. The van der Waals surface area contributed by atoms with E-state index >= 15 is 0 Å². The van der Waals surface area contributed by atoms with Gasteiger partial charge < -0.3 is 21.3 Å². The molecule has 0 aromatic heterocycles. The highest BCUT2D eigenvalue weighted by molar-refractivity contribution is 9.10. The molecule has 4 N–H and O–H groups in total. The van der Waals surface area contributed by atoms with Crippen LogP contribution in [0, 0.1) is 0 Å². The van der Waals surface area contributed by atoms with Crippen LogP contribution in [0.2, 0.25) is 0 Å². The Kier molecular flexibility index (Phi) is 4.86. The van der Waals surface area contributed by atoms with Crippen LogP contribution in [0.4, 0.5) is 9.59 Å². The van der Waals surface area contributed by atoms with Gasteiger partial charge in [0.1, 0.15) is 5.66 Å². The lowest BCUT2D eigenvalue weighted by molar-refractivity contribution is 0.130. The molecule has 2 atom stereocenters. The number of hydrogen-bond acceptors (Lipinski definition) is 2. The second kappa shape index (κ2) is 7.16. The number of benzene rings is 2. The molecule has 27 heavy (non-hydrogen) atoms. The lowest BCUT2D eigenvalue weighted by Gasteiger charge is -2.47. The average molecular weight is 494 g/mol. The van der Waals surface area contributed by atoms with Gasteiger partial charge in [0.15, 0.2) is 0 Å². The van der Waals surface area contributed by atoms with Crippen LogP contribution in [0.5, 0.6) is 0 Å². The van der Waals surface area contributed by atoms with Gasteiger partial charge in [-0.05, 0) is 35.4 Å². The molecule has 0 radical (unpaired) electrons. The molecule has 2 aromatic rings. The molecule has 2 aliphatic heterocycles. The summed E-state index contributed by atoms with van der Waals surface area (Å²) in [6, 6.07) is 14.7. The van der Waals surface area contributed by atoms with Crippen LogP contribution in [0.15, 0.2) is 57.5 Å². The van der Waals surface area contributed by atoms with Crippen molar-refractivity contribution in [3.63, 3.8) is 0 Å². The van der Waals surface area contributed by atoms with E-state index in [9.17, 15) is 9.59 Å². The summed E-state index contributed by atoms with van der Waals surface area (Å²) in [6.45, 7) is 0. The summed E-state index contributed by atoms with van der Waals surface area (Å²) in [7, 11) is 0. The minimum absolute atomic E-state index is 0.184. The van der Waals surface area contributed by atoms with Crippen LogP contribution in [0.25, 0.3) is 0 Å². The zero-order valence-corrected chi connectivity index (χ0v) is 17.4. The molecular formula is C19H18Br2N4O2. The van der Waals surface area contributed by atoms with Crippen molar-refractivity contribution in [2.45, 2.75) is 30.6 Å². The molecule has 2 unspecified atom stereocenters. The summed E-state index contributed by atoms with van der Waals surface area (Å²) in [6.07, 6.45) is 1.11. The van der Waals surface area contributed by atoms with Crippen LogP contribution >= 0.6 is 31.9 Å². The van der Waals surface area contributed by atoms with Crippen molar-refractivity contribution in [2.75, 3.05) is 0 Å². The van der Waals surface area contributed by atoms with E-state index in [0.29, 0.717) is 12.8 Å². The van der Waals surface area contributed by atoms with E-state index in [2.05, 4.69) is 53.1 Å². The van der Waals surface area contributed by atoms with Crippen molar-refractivity contribution >= 4 is 43.9 Å². The molecule has 4 amide bonds. The van der Waals surface area contributed by atoms with E-state index in [1.54, 1.807) is 0 Å². The number of urea groups is 2. The summed E-state index contributed by atoms with van der Waals surface area (Å²) in [4.78, 5) is 24.7. The minimum atomic E-state index is -0.805. The van der Waals surface area contributed by atoms with Gasteiger partial charge in [0.2, 0.25) is 0 Å². The van der Waals surface area contributed by atoms with Crippen molar-refractivity contribution < 1.29 is 9.59 Å². The number of nitrogens with one attached hydrogen (secondary N) is 4. The molecule has 0 bridgehead atoms. The Labute approximate surface area is 173 Å². The molecule has 8 heteroatoms. The number of rotatable bonds is 2. The molecule has 0 aliphatic carbocycles. The van der Waals surface area contributed by atoms with E-state index in [4.69, 9.17) is 0 Å². The smallest absolute Gasteiger partial charge is 0.317 e. The van der Waals surface area contributed by atoms with Crippen molar-refractivity contribution in [3.8, 4) is 0 Å². The van der Waals surface area contributed by atoms with E-state index < -0.39 is 5.66 Å². The van der Waals surface area contributed by atoms with Gasteiger partial charge >= 0.3 is 12.1 Å². The van der Waals surface area contributed by atoms with Crippen LogP contribution < -0.4 is 21.3 Å². The molecule has 2 aliphatic rings. The average Bonchev–Trinajstić information content (AvgIpc) is 2.61. The van der Waals surface area contributed by atoms with Gasteiger partial charge in [-0.15, -0.1) is 0 Å². The molecule has 1 spiro atoms. The molecule has 2 heterocycles. The SMILES string of the molecule is O=C1NC(c2ccc(Br)cc2)CC2(CC(c3ccc(Br)cc3)NC(=O)N2)N1. The van der Waals surface area contributed by atoms with Gasteiger partial charge in [-0.1, -0.05) is 56.1 Å². The topological polar surface area (TPSA) is 82.3 Å². The first-order chi connectivity index (χ1) is 12.9. The molecule has 2 fully saturated rings. The van der Waals surface area contributed by atoms with E-state index in [0.717, 1.165) is 20.1 Å². The summed E-state index contributed by atoms with van der Waals surface area (Å²) in [5.41, 5.74) is 1.20. The summed E-state index contributed by atoms with van der Waals surface area (Å²) < 4.78 is 1.96. The third-order valence-electron chi connectivity index (χ3n) is 4.97. The fraction of sp³-hybridized carbons (Fsp3) is 0.263. The van der Waals surface area contributed by atoms with Crippen molar-refractivity contribution in [1.29, 1.82) is 0 Å². The van der Waals surface area contributed by atoms with Gasteiger partial charge in [0.25, 0.3) is 0 Å². The molecule has 2 aromatic carbocycles. The van der Waals surface area contributed by atoms with Gasteiger partial charge in [0.05, 0.1) is 12.1 Å². The Morgan fingerprint density at radius 2 is 1.07 bits per heavy atom. The molecule has 4 rings (SSSR count). The monoisotopic (exact) mass is 492 g/mol. The number of carbonyl (C=O) groups is 2. The molecule has 2 saturated heterocycles. The highest BCUT2D eigenvalue weighted by Gasteiger charge is 2.46. The fourth-order valence-electron chi connectivity index (χ4n) is 3.73. The van der Waals surface area contributed by atoms with Crippen molar-refractivity contribution in [3.05, 3.63) is 68.6 Å². The maximum atomic E-state index is 12.4. The first kappa shape index (κ1) is 18.3. The van der Waals surface area contributed by atoms with Gasteiger partial charge in [0, 0.05) is 21.8 Å². The Balaban J connectivity index is 1.61. The number of amides is 4. The third-order valence-corrected chi connectivity index (χ3v) is 6.02. The summed E-state index contributed by atoms with van der Waals surface area (Å²) in [5, 5.41) is 11.8. The van der Waals surface area contributed by atoms with Gasteiger partial charge in [-0.3, -0.25) is 0 Å². The quantitative estimate of drug-likeness (QED) is 0.508. The molecule has 140 valence electrons. The largest absolute Gasteiger partial charge is 0.331 e. The molecular weight excluding hydrogens is 476 g/mol. The summed E-state index contributed by atoms with van der Waals surface area (Å²) >= 11 is 6.86. The number of hydrogen-bond donors (Lipinski definition) is 4. The first-order valence-corrected chi connectivity index (χ1v) is 10.2. The molecule has 6 nitrogen and oxygen atoms in total. The van der Waals surface area contributed by atoms with Crippen molar-refractivity contribution in [1.82, 2.24) is 21.3 Å². The minimum Gasteiger partial charge on any atom is -0.331 e. The van der Waals surface area contributed by atoms with E-state index in [1.807, 2.05) is 48.5 Å². The standard InChI is InChI=1S/C19H18Br2N4O2/c20-13-5-1-11(2-6-13)15-9-19(24-17(26)22-15)10-16(23-18(27)25-19)12-3-7-14(21)8-4-12/h1-8,15-16H,9-10H2,(H2,22,24,26)(H2,23,25,27). The van der Waals surface area contributed by atoms with Crippen LogP contribution in [-0.2, 0) is 0 Å². The van der Waals surface area contributed by atoms with Crippen LogP contribution in [0.1, 0.15) is 36.1 Å². The highest BCUT2D eigenvalue weighted by atomic mass is 79.9. The number of halogens is 2. The maximum absolute atomic E-state index is 12.4. The van der Waals surface area contributed by atoms with E-state index in [1.165, 1.54) is 0 Å². The summed E-state index contributed by atoms with van der Waals surface area (Å²) in [5.74, 6) is 0. The normalized spacial score (nSPS) is 27.3. The lowest BCUT2D eigenvalue weighted by atomic mass is 9.85. The lowest BCUT2D eigenvalue weighted by Crippen LogP contribution is -2.72. The molecule has 0 saturated carbocycles. The second-order valence-corrected chi connectivity index (χ2v) is 8.73. The predicted octanol–water partition coefficient (Wildman–Crippen LogP) is 4.10. The third kappa shape index (κ3) is 3.96. The van der Waals surface area contributed by atoms with E-state index in [-0.39, 0.29) is 24.1 Å². The fourth-order valence-corrected chi connectivity index (χ4v) is 4.26. The first-order valence-electron chi connectivity index (χ1n) is 8.61. The maximum Gasteiger partial charge on any atom is 0.317 e. The van der Waals surface area contributed by atoms with Gasteiger partial charge in [-0.25, -0.2) is 9.59 Å². The van der Waals surface area contributed by atoms with Crippen molar-refractivity contribution in [2.24, 2.45) is 0 Å². The Morgan fingerprint density at radius 1 is 0.704 bits per heavy atom. The van der Waals surface area contributed by atoms with Crippen LogP contribution in [0.3, 0.4) is 0 Å². The van der Waals surface area contributed by atoms with Crippen LogP contribution in [-0.4, -0.2) is 17.7 Å². The zero-order valence-electron chi connectivity index (χ0n) is 14.3. The van der Waals surface area contributed by atoms with Gasteiger partial charge in [-0.2, -0.15) is 0 Å². The zero-order chi connectivity index (χ0) is 19.0. The predicted molar refractivity (Wildman–Crippen MR) is 109 cm³/mol. The number of carbonyl (C=O) groups excluding carboxylic acids is 2. The highest BCUT2D eigenvalue weighted by Crippen LogP contribution is 2.35.